The van der Waals surface area contributed by atoms with Crippen molar-refractivity contribution >= 4 is 29.3 Å². The van der Waals surface area contributed by atoms with Gasteiger partial charge in [0.15, 0.2) is 0 Å². The summed E-state index contributed by atoms with van der Waals surface area (Å²) in [5, 5.41) is 5.86. The van der Waals surface area contributed by atoms with Crippen LogP contribution in [0.3, 0.4) is 0 Å². The van der Waals surface area contributed by atoms with Gasteiger partial charge in [0.2, 0.25) is 11.8 Å². The Morgan fingerprint density at radius 3 is 2.41 bits per heavy atom. The summed E-state index contributed by atoms with van der Waals surface area (Å²) in [5.74, 6) is 1.08. The molecule has 2 aromatic rings. The number of benzene rings is 2. The Bertz CT molecular complexity index is 762. The third kappa shape index (κ3) is 6.98. The van der Waals surface area contributed by atoms with Crippen molar-refractivity contribution < 1.29 is 14.3 Å². The number of amides is 2. The minimum Gasteiger partial charge on any atom is -0.497 e. The Morgan fingerprint density at radius 2 is 1.78 bits per heavy atom. The summed E-state index contributed by atoms with van der Waals surface area (Å²) < 4.78 is 5.16. The van der Waals surface area contributed by atoms with Gasteiger partial charge in [-0.3, -0.25) is 9.59 Å². The average molecular weight is 387 g/mol. The van der Waals surface area contributed by atoms with Gasteiger partial charge in [-0.1, -0.05) is 31.2 Å². The van der Waals surface area contributed by atoms with E-state index < -0.39 is 0 Å². The second kappa shape index (κ2) is 10.6. The van der Waals surface area contributed by atoms with Gasteiger partial charge in [0, 0.05) is 5.69 Å². The van der Waals surface area contributed by atoms with Crippen LogP contribution in [0.1, 0.15) is 30.5 Å². The highest BCUT2D eigenvalue weighted by atomic mass is 32.2. The summed E-state index contributed by atoms with van der Waals surface area (Å²) in [6, 6.07) is 15.3. The summed E-state index contributed by atoms with van der Waals surface area (Å²) in [7, 11) is 1.63. The van der Waals surface area contributed by atoms with Crippen molar-refractivity contribution in [3.8, 4) is 5.75 Å². The molecule has 27 heavy (non-hydrogen) atoms. The molecule has 2 rings (SSSR count). The van der Waals surface area contributed by atoms with Crippen molar-refractivity contribution in [3.05, 3.63) is 59.7 Å². The van der Waals surface area contributed by atoms with E-state index in [0.29, 0.717) is 0 Å². The molecule has 1 atom stereocenters. The molecule has 0 saturated heterocycles. The van der Waals surface area contributed by atoms with E-state index in [4.69, 9.17) is 4.74 Å². The highest BCUT2D eigenvalue weighted by Crippen LogP contribution is 2.20. The Kier molecular flexibility index (Phi) is 8.20. The van der Waals surface area contributed by atoms with Gasteiger partial charge in [0.1, 0.15) is 5.75 Å². The van der Waals surface area contributed by atoms with Crippen LogP contribution in [0.2, 0.25) is 0 Å². The van der Waals surface area contributed by atoms with Gasteiger partial charge < -0.3 is 15.4 Å². The number of carbonyl (C=O) groups is 2. The van der Waals surface area contributed by atoms with E-state index in [1.165, 1.54) is 11.8 Å². The first-order valence-electron chi connectivity index (χ1n) is 8.89. The van der Waals surface area contributed by atoms with Crippen LogP contribution in [0.5, 0.6) is 5.75 Å². The third-order valence-corrected chi connectivity index (χ3v) is 4.96. The van der Waals surface area contributed by atoms with Crippen molar-refractivity contribution in [1.29, 1.82) is 0 Å². The highest BCUT2D eigenvalue weighted by molar-refractivity contribution is 8.00. The van der Waals surface area contributed by atoms with Gasteiger partial charge in [-0.05, 0) is 48.7 Å². The zero-order chi connectivity index (χ0) is 19.6. The third-order valence-electron chi connectivity index (χ3n) is 4.03. The van der Waals surface area contributed by atoms with E-state index in [1.807, 2.05) is 62.4 Å². The fraction of sp³-hybridized carbons (Fsp3) is 0.333. The Hall–Kier alpha value is -2.47. The van der Waals surface area contributed by atoms with Crippen LogP contribution >= 0.6 is 11.8 Å². The van der Waals surface area contributed by atoms with Crippen LogP contribution in [0.15, 0.2) is 48.5 Å². The molecule has 2 amide bonds. The molecule has 0 aliphatic heterocycles. The van der Waals surface area contributed by atoms with Crippen LogP contribution in [-0.2, 0) is 9.59 Å². The minimum absolute atomic E-state index is 0.0508. The molecular weight excluding hydrogens is 360 g/mol. The smallest absolute Gasteiger partial charge is 0.234 e. The molecule has 0 bridgehead atoms. The number of hydrogen-bond acceptors (Lipinski definition) is 4. The number of thioether (sulfide) groups is 1. The van der Waals surface area contributed by atoms with Gasteiger partial charge in [0.05, 0.1) is 24.7 Å². The zero-order valence-corrected chi connectivity index (χ0v) is 16.8. The van der Waals surface area contributed by atoms with Gasteiger partial charge in [-0.25, -0.2) is 0 Å². The SMILES string of the molecule is CCC(NC(=O)CSCC(=O)Nc1cccc(C)c1)c1ccc(OC)cc1. The van der Waals surface area contributed by atoms with Crippen molar-refractivity contribution in [2.75, 3.05) is 23.9 Å². The van der Waals surface area contributed by atoms with Crippen LogP contribution in [0.4, 0.5) is 5.69 Å². The van der Waals surface area contributed by atoms with Gasteiger partial charge in [-0.15, -0.1) is 11.8 Å². The largest absolute Gasteiger partial charge is 0.497 e. The standard InChI is InChI=1S/C21H26N2O3S/c1-4-19(16-8-10-18(26-3)11-9-16)23-21(25)14-27-13-20(24)22-17-7-5-6-15(2)12-17/h5-12,19H,4,13-14H2,1-3H3,(H,22,24)(H,23,25). The molecule has 6 heteroatoms. The summed E-state index contributed by atoms with van der Waals surface area (Å²) in [6.45, 7) is 4.00. The second-order valence-electron chi connectivity index (χ2n) is 6.21. The first kappa shape index (κ1) is 20.8. The van der Waals surface area contributed by atoms with Crippen molar-refractivity contribution in [3.63, 3.8) is 0 Å². The van der Waals surface area contributed by atoms with E-state index in [1.54, 1.807) is 7.11 Å². The normalized spacial score (nSPS) is 11.5. The lowest BCUT2D eigenvalue weighted by atomic mass is 10.0. The number of hydrogen-bond donors (Lipinski definition) is 2. The van der Waals surface area contributed by atoms with E-state index in [2.05, 4.69) is 10.6 Å². The minimum atomic E-state index is -0.111. The molecule has 2 N–H and O–H groups in total. The van der Waals surface area contributed by atoms with Gasteiger partial charge in [-0.2, -0.15) is 0 Å². The van der Waals surface area contributed by atoms with Crippen LogP contribution in [0, 0.1) is 6.92 Å². The molecule has 0 aliphatic rings. The molecule has 0 saturated carbocycles. The maximum Gasteiger partial charge on any atom is 0.234 e. The average Bonchev–Trinajstić information content (AvgIpc) is 2.66. The zero-order valence-electron chi connectivity index (χ0n) is 16.0. The van der Waals surface area contributed by atoms with E-state index in [-0.39, 0.29) is 29.4 Å². The van der Waals surface area contributed by atoms with Crippen molar-refractivity contribution in [2.45, 2.75) is 26.3 Å². The van der Waals surface area contributed by atoms with Crippen molar-refractivity contribution in [1.82, 2.24) is 5.32 Å². The fourth-order valence-electron chi connectivity index (χ4n) is 2.65. The number of nitrogens with one attached hydrogen (secondary N) is 2. The first-order chi connectivity index (χ1) is 13.0. The quantitative estimate of drug-likeness (QED) is 0.685. The molecule has 1 unspecified atom stereocenters. The van der Waals surface area contributed by atoms with Crippen LogP contribution in [-0.4, -0.2) is 30.4 Å². The van der Waals surface area contributed by atoms with Crippen LogP contribution < -0.4 is 15.4 Å². The highest BCUT2D eigenvalue weighted by Gasteiger charge is 2.13. The van der Waals surface area contributed by atoms with E-state index in [0.717, 1.165) is 29.0 Å². The molecule has 0 radical (unpaired) electrons. The predicted molar refractivity (Wildman–Crippen MR) is 111 cm³/mol. The molecule has 0 fully saturated rings. The molecular formula is C21H26N2O3S. The lowest BCUT2D eigenvalue weighted by Gasteiger charge is -2.17. The number of anilines is 1. The lowest BCUT2D eigenvalue weighted by Crippen LogP contribution is -2.30. The van der Waals surface area contributed by atoms with Gasteiger partial charge >= 0.3 is 0 Å². The van der Waals surface area contributed by atoms with Crippen LogP contribution in [0.25, 0.3) is 0 Å². The molecule has 0 aromatic heterocycles. The van der Waals surface area contributed by atoms with Crippen molar-refractivity contribution in [2.24, 2.45) is 0 Å². The van der Waals surface area contributed by atoms with E-state index >= 15 is 0 Å². The monoisotopic (exact) mass is 386 g/mol. The number of ether oxygens (including phenoxy) is 1. The topological polar surface area (TPSA) is 67.4 Å². The Morgan fingerprint density at radius 1 is 1.07 bits per heavy atom. The first-order valence-corrected chi connectivity index (χ1v) is 10.0. The molecule has 144 valence electrons. The summed E-state index contributed by atoms with van der Waals surface area (Å²) in [5.41, 5.74) is 2.90. The Labute approximate surface area is 164 Å². The molecule has 0 spiro atoms. The number of methoxy groups -OCH3 is 1. The summed E-state index contributed by atoms with van der Waals surface area (Å²) >= 11 is 1.30. The maximum atomic E-state index is 12.2. The molecule has 0 heterocycles. The summed E-state index contributed by atoms with van der Waals surface area (Å²) in [6.07, 6.45) is 0.788. The summed E-state index contributed by atoms with van der Waals surface area (Å²) in [4.78, 5) is 24.2. The molecule has 0 aliphatic carbocycles. The second-order valence-corrected chi connectivity index (χ2v) is 7.20. The molecule has 5 nitrogen and oxygen atoms in total. The predicted octanol–water partition coefficient (Wildman–Crippen LogP) is 3.94. The number of rotatable bonds is 9. The fourth-order valence-corrected chi connectivity index (χ4v) is 3.28. The Balaban J connectivity index is 1.76. The maximum absolute atomic E-state index is 12.2. The lowest BCUT2D eigenvalue weighted by molar-refractivity contribution is -0.119. The van der Waals surface area contributed by atoms with Gasteiger partial charge in [0.25, 0.3) is 0 Å². The number of carbonyl (C=O) groups excluding carboxylic acids is 2. The number of aryl methyl sites for hydroxylation is 1. The molecule has 2 aromatic carbocycles. The van der Waals surface area contributed by atoms with E-state index in [9.17, 15) is 9.59 Å².